The van der Waals surface area contributed by atoms with E-state index in [0.717, 1.165) is 5.56 Å². The van der Waals surface area contributed by atoms with Crippen molar-refractivity contribution in [3.05, 3.63) is 70.3 Å². The molecule has 158 valence electrons. The van der Waals surface area contributed by atoms with Crippen LogP contribution in [0.3, 0.4) is 0 Å². The molecular formula is C23H25NO6. The van der Waals surface area contributed by atoms with Gasteiger partial charge in [0.25, 0.3) is 5.91 Å². The molecule has 4 N–H and O–H groups in total. The van der Waals surface area contributed by atoms with Crippen molar-refractivity contribution in [2.45, 2.75) is 30.8 Å². The third-order valence-electron chi connectivity index (χ3n) is 5.06. The maximum absolute atomic E-state index is 11.9. The fourth-order valence-electron chi connectivity index (χ4n) is 3.50. The van der Waals surface area contributed by atoms with Gasteiger partial charge < -0.3 is 25.4 Å². The molecule has 0 bridgehead atoms. The third kappa shape index (κ3) is 5.01. The summed E-state index contributed by atoms with van der Waals surface area (Å²) in [6.45, 7) is -0.235. The highest BCUT2D eigenvalue weighted by atomic mass is 16.5. The van der Waals surface area contributed by atoms with Crippen LogP contribution < -0.4 is 5.32 Å². The monoisotopic (exact) mass is 411 g/mol. The lowest BCUT2D eigenvalue weighted by atomic mass is 9.92. The van der Waals surface area contributed by atoms with Crippen molar-refractivity contribution in [1.82, 2.24) is 5.32 Å². The SMILES string of the molecule is CNC(=O)c1cc(C=O)cc(/C=C/c2cccc([C@H]3OC(CO)CC(O)C3O)c2)c1. The number of hydrogen-bond donors (Lipinski definition) is 4. The first-order valence-electron chi connectivity index (χ1n) is 9.68. The van der Waals surface area contributed by atoms with Gasteiger partial charge in [0.15, 0.2) is 0 Å². The number of aldehydes is 1. The summed E-state index contributed by atoms with van der Waals surface area (Å²) in [4.78, 5) is 23.1. The molecule has 0 radical (unpaired) electrons. The van der Waals surface area contributed by atoms with Crippen LogP contribution in [0.2, 0.25) is 0 Å². The lowest BCUT2D eigenvalue weighted by Crippen LogP contribution is -2.44. The number of aliphatic hydroxyl groups is 3. The van der Waals surface area contributed by atoms with Gasteiger partial charge in [-0.3, -0.25) is 9.59 Å². The molecule has 1 fully saturated rings. The Morgan fingerprint density at radius 1 is 1.13 bits per heavy atom. The highest BCUT2D eigenvalue weighted by Crippen LogP contribution is 2.32. The van der Waals surface area contributed by atoms with Crippen molar-refractivity contribution in [3.63, 3.8) is 0 Å². The standard InChI is InChI=1S/C23H25NO6/c1-24-23(29)18-9-15(7-16(10-18)12-25)6-5-14-3-2-4-17(8-14)22-21(28)20(27)11-19(13-26)30-22/h2-10,12,19-22,26-28H,11,13H2,1H3,(H,24,29)/b6-5+/t19?,20?,21?,22-/m1/s1. The summed E-state index contributed by atoms with van der Waals surface area (Å²) in [5.74, 6) is -0.282. The van der Waals surface area contributed by atoms with Crippen LogP contribution in [0.5, 0.6) is 0 Å². The normalized spacial score (nSPS) is 24.0. The Labute approximate surface area is 174 Å². The van der Waals surface area contributed by atoms with Gasteiger partial charge in [-0.2, -0.15) is 0 Å². The number of hydrogen-bond acceptors (Lipinski definition) is 6. The van der Waals surface area contributed by atoms with E-state index in [9.17, 15) is 24.9 Å². The predicted molar refractivity (Wildman–Crippen MR) is 112 cm³/mol. The summed E-state index contributed by atoms with van der Waals surface area (Å²) >= 11 is 0. The van der Waals surface area contributed by atoms with Crippen LogP contribution in [-0.2, 0) is 4.74 Å². The molecular weight excluding hydrogens is 386 g/mol. The molecule has 1 aliphatic heterocycles. The smallest absolute Gasteiger partial charge is 0.251 e. The number of amides is 1. The fourth-order valence-corrected chi connectivity index (χ4v) is 3.50. The number of carbonyl (C=O) groups is 2. The van der Waals surface area contributed by atoms with Crippen molar-refractivity contribution in [3.8, 4) is 0 Å². The molecule has 0 saturated carbocycles. The van der Waals surface area contributed by atoms with E-state index in [0.29, 0.717) is 28.5 Å². The minimum Gasteiger partial charge on any atom is -0.394 e. The average Bonchev–Trinajstić information content (AvgIpc) is 2.78. The van der Waals surface area contributed by atoms with Crippen molar-refractivity contribution in [2.75, 3.05) is 13.7 Å². The molecule has 0 aromatic heterocycles. The second-order valence-electron chi connectivity index (χ2n) is 7.24. The van der Waals surface area contributed by atoms with Crippen molar-refractivity contribution in [2.24, 2.45) is 0 Å². The summed E-state index contributed by atoms with van der Waals surface area (Å²) < 4.78 is 5.74. The zero-order valence-corrected chi connectivity index (χ0v) is 16.6. The van der Waals surface area contributed by atoms with Crippen molar-refractivity contribution < 1.29 is 29.6 Å². The van der Waals surface area contributed by atoms with Gasteiger partial charge in [0, 0.05) is 24.6 Å². The van der Waals surface area contributed by atoms with Gasteiger partial charge in [-0.15, -0.1) is 0 Å². The number of nitrogens with one attached hydrogen (secondary N) is 1. The summed E-state index contributed by atoms with van der Waals surface area (Å²) in [5, 5.41) is 32.3. The number of aliphatic hydroxyl groups excluding tert-OH is 3. The van der Waals surface area contributed by atoms with E-state index in [-0.39, 0.29) is 18.9 Å². The van der Waals surface area contributed by atoms with Gasteiger partial charge >= 0.3 is 0 Å². The van der Waals surface area contributed by atoms with Gasteiger partial charge in [-0.05, 0) is 41.0 Å². The highest BCUT2D eigenvalue weighted by molar-refractivity contribution is 5.96. The predicted octanol–water partition coefficient (Wildman–Crippen LogP) is 1.57. The van der Waals surface area contributed by atoms with E-state index in [1.807, 2.05) is 18.2 Å². The van der Waals surface area contributed by atoms with Crippen LogP contribution >= 0.6 is 0 Å². The Morgan fingerprint density at radius 3 is 2.57 bits per heavy atom. The van der Waals surface area contributed by atoms with Crippen LogP contribution in [0, 0.1) is 0 Å². The minimum absolute atomic E-state index is 0.175. The van der Waals surface area contributed by atoms with Gasteiger partial charge in [-0.25, -0.2) is 0 Å². The highest BCUT2D eigenvalue weighted by Gasteiger charge is 2.37. The minimum atomic E-state index is -1.09. The van der Waals surface area contributed by atoms with Crippen LogP contribution in [0.1, 0.15) is 49.9 Å². The topological polar surface area (TPSA) is 116 Å². The maximum atomic E-state index is 11.9. The number of rotatable bonds is 6. The van der Waals surface area contributed by atoms with Crippen LogP contribution in [0.15, 0.2) is 42.5 Å². The van der Waals surface area contributed by atoms with Crippen LogP contribution in [0.4, 0.5) is 0 Å². The van der Waals surface area contributed by atoms with E-state index >= 15 is 0 Å². The van der Waals surface area contributed by atoms with Crippen molar-refractivity contribution >= 4 is 24.3 Å². The first kappa shape index (κ1) is 21.9. The summed E-state index contributed by atoms with van der Waals surface area (Å²) in [7, 11) is 1.52. The van der Waals surface area contributed by atoms with Gasteiger partial charge in [-0.1, -0.05) is 30.4 Å². The molecule has 0 aliphatic carbocycles. The third-order valence-corrected chi connectivity index (χ3v) is 5.06. The quantitative estimate of drug-likeness (QED) is 0.424. The lowest BCUT2D eigenvalue weighted by molar-refractivity contribution is -0.179. The zero-order valence-electron chi connectivity index (χ0n) is 16.6. The molecule has 1 amide bonds. The Kier molecular flexibility index (Phi) is 7.12. The molecule has 4 atom stereocenters. The van der Waals surface area contributed by atoms with Crippen LogP contribution in [-0.4, -0.2) is 59.5 Å². The number of benzene rings is 2. The summed E-state index contributed by atoms with van der Waals surface area (Å²) in [6.07, 6.45) is 1.10. The van der Waals surface area contributed by atoms with Gasteiger partial charge in [0.1, 0.15) is 18.5 Å². The van der Waals surface area contributed by atoms with Crippen molar-refractivity contribution in [1.29, 1.82) is 0 Å². The Hall–Kier alpha value is -2.84. The summed E-state index contributed by atoms with van der Waals surface area (Å²) in [5.41, 5.74) is 2.95. The van der Waals surface area contributed by atoms with E-state index in [1.165, 1.54) is 13.1 Å². The lowest BCUT2D eigenvalue weighted by Gasteiger charge is -2.36. The number of carbonyl (C=O) groups excluding carboxylic acids is 2. The molecule has 1 saturated heterocycles. The Balaban J connectivity index is 1.86. The Morgan fingerprint density at radius 2 is 1.87 bits per heavy atom. The molecule has 7 heteroatoms. The first-order chi connectivity index (χ1) is 14.4. The first-order valence-corrected chi connectivity index (χ1v) is 9.68. The molecule has 0 spiro atoms. The van der Waals surface area contributed by atoms with Gasteiger partial charge in [0.2, 0.25) is 0 Å². The van der Waals surface area contributed by atoms with Gasteiger partial charge in [0.05, 0.1) is 18.8 Å². The summed E-state index contributed by atoms with van der Waals surface area (Å²) in [6, 6.07) is 12.2. The molecule has 2 aromatic carbocycles. The van der Waals surface area contributed by atoms with E-state index in [2.05, 4.69) is 5.32 Å². The molecule has 1 aliphatic rings. The number of ether oxygens (including phenoxy) is 1. The van der Waals surface area contributed by atoms with E-state index < -0.39 is 24.4 Å². The molecule has 30 heavy (non-hydrogen) atoms. The van der Waals surface area contributed by atoms with E-state index in [1.54, 1.807) is 30.3 Å². The van der Waals surface area contributed by atoms with E-state index in [4.69, 9.17) is 4.74 Å². The Bertz CT molecular complexity index is 941. The molecule has 3 rings (SSSR count). The fraction of sp³-hybridized carbons (Fsp3) is 0.304. The second-order valence-corrected chi connectivity index (χ2v) is 7.24. The second kappa shape index (κ2) is 9.77. The molecule has 1 heterocycles. The zero-order chi connectivity index (χ0) is 21.7. The molecule has 7 nitrogen and oxygen atoms in total. The maximum Gasteiger partial charge on any atom is 0.251 e. The average molecular weight is 411 g/mol. The van der Waals surface area contributed by atoms with Crippen LogP contribution in [0.25, 0.3) is 12.2 Å². The largest absolute Gasteiger partial charge is 0.394 e. The molecule has 2 aromatic rings. The molecule has 3 unspecified atom stereocenters.